The summed E-state index contributed by atoms with van der Waals surface area (Å²) < 4.78 is 0. The highest BCUT2D eigenvalue weighted by Gasteiger charge is 2.17. The molecule has 1 heterocycles. The quantitative estimate of drug-likeness (QED) is 0.804. The Labute approximate surface area is 146 Å². The Morgan fingerprint density at radius 3 is 2.62 bits per heavy atom. The molecule has 3 heteroatoms. The van der Waals surface area contributed by atoms with E-state index in [-0.39, 0.29) is 5.91 Å². The van der Waals surface area contributed by atoms with Crippen molar-refractivity contribution < 1.29 is 4.79 Å². The molecule has 1 amide bonds. The number of benzene rings is 1. The normalized spacial score (nSPS) is 22.0. The van der Waals surface area contributed by atoms with Crippen molar-refractivity contribution in [3.8, 4) is 0 Å². The Morgan fingerprint density at radius 2 is 1.92 bits per heavy atom. The fourth-order valence-corrected chi connectivity index (χ4v) is 3.71. The van der Waals surface area contributed by atoms with Gasteiger partial charge >= 0.3 is 0 Å². The van der Waals surface area contributed by atoms with Crippen molar-refractivity contribution in [2.75, 3.05) is 13.1 Å². The van der Waals surface area contributed by atoms with Crippen LogP contribution in [-0.2, 0) is 17.9 Å². The number of hydrogen-bond donors (Lipinski definition) is 1. The van der Waals surface area contributed by atoms with E-state index in [2.05, 4.69) is 53.6 Å². The first kappa shape index (κ1) is 17.2. The van der Waals surface area contributed by atoms with Crippen molar-refractivity contribution in [2.45, 2.75) is 52.1 Å². The first-order chi connectivity index (χ1) is 11.7. The van der Waals surface area contributed by atoms with E-state index in [1.807, 2.05) is 0 Å². The molecular formula is C21H30N2O. The predicted molar refractivity (Wildman–Crippen MR) is 98.4 cm³/mol. The Kier molecular flexibility index (Phi) is 6.08. The molecule has 1 aliphatic heterocycles. The van der Waals surface area contributed by atoms with E-state index >= 15 is 0 Å². The lowest BCUT2D eigenvalue weighted by atomic mass is 9.98. The van der Waals surface area contributed by atoms with Crippen LogP contribution in [0, 0.1) is 11.8 Å². The highest BCUT2D eigenvalue weighted by Crippen LogP contribution is 2.21. The fourth-order valence-electron chi connectivity index (χ4n) is 3.71. The summed E-state index contributed by atoms with van der Waals surface area (Å²) in [6.45, 7) is 6.38. The van der Waals surface area contributed by atoms with Crippen LogP contribution in [0.1, 0.15) is 50.2 Å². The van der Waals surface area contributed by atoms with E-state index in [4.69, 9.17) is 0 Å². The molecule has 1 saturated heterocycles. The van der Waals surface area contributed by atoms with Crippen molar-refractivity contribution in [1.82, 2.24) is 10.2 Å². The number of carbonyl (C=O) groups is 1. The van der Waals surface area contributed by atoms with Gasteiger partial charge in [-0.25, -0.2) is 0 Å². The lowest BCUT2D eigenvalue weighted by molar-refractivity contribution is -0.121. The van der Waals surface area contributed by atoms with Gasteiger partial charge in [0.15, 0.2) is 0 Å². The van der Waals surface area contributed by atoms with Crippen LogP contribution in [0.4, 0.5) is 0 Å². The fraction of sp³-hybridized carbons (Fsp3) is 0.571. The Bertz CT molecular complexity index is 573. The summed E-state index contributed by atoms with van der Waals surface area (Å²) in [6.07, 6.45) is 9.84. The number of allylic oxidation sites excluding steroid dienone is 2. The molecule has 0 radical (unpaired) electrons. The van der Waals surface area contributed by atoms with Crippen LogP contribution in [0.25, 0.3) is 0 Å². The number of likely N-dealkylation sites (tertiary alicyclic amines) is 1. The molecule has 1 aromatic rings. The number of rotatable bonds is 6. The number of piperidine rings is 1. The zero-order valence-electron chi connectivity index (χ0n) is 14.8. The molecule has 1 unspecified atom stereocenters. The minimum Gasteiger partial charge on any atom is -0.352 e. The van der Waals surface area contributed by atoms with Crippen molar-refractivity contribution in [1.29, 1.82) is 0 Å². The summed E-state index contributed by atoms with van der Waals surface area (Å²) in [7, 11) is 0. The molecule has 1 aromatic carbocycles. The second-order valence-corrected chi connectivity index (χ2v) is 7.47. The first-order valence-electron chi connectivity index (χ1n) is 9.43. The summed E-state index contributed by atoms with van der Waals surface area (Å²) in [5.41, 5.74) is 2.61. The number of amides is 1. The van der Waals surface area contributed by atoms with Gasteiger partial charge in [0, 0.05) is 19.5 Å². The van der Waals surface area contributed by atoms with E-state index in [0.717, 1.165) is 25.3 Å². The molecule has 24 heavy (non-hydrogen) atoms. The highest BCUT2D eigenvalue weighted by atomic mass is 16.1. The minimum atomic E-state index is 0.174. The topological polar surface area (TPSA) is 32.3 Å². The number of nitrogens with one attached hydrogen (secondary N) is 1. The van der Waals surface area contributed by atoms with Gasteiger partial charge in [0.1, 0.15) is 0 Å². The molecule has 0 bridgehead atoms. The van der Waals surface area contributed by atoms with Crippen molar-refractivity contribution in [2.24, 2.45) is 11.8 Å². The Balaban J connectivity index is 1.51. The molecule has 0 saturated carbocycles. The van der Waals surface area contributed by atoms with Gasteiger partial charge in [-0.3, -0.25) is 9.69 Å². The summed E-state index contributed by atoms with van der Waals surface area (Å²) in [5.74, 6) is 1.48. The summed E-state index contributed by atoms with van der Waals surface area (Å²) >= 11 is 0. The van der Waals surface area contributed by atoms with Gasteiger partial charge in [-0.15, -0.1) is 0 Å². The van der Waals surface area contributed by atoms with Crippen LogP contribution in [0.15, 0.2) is 36.4 Å². The van der Waals surface area contributed by atoms with Gasteiger partial charge < -0.3 is 5.32 Å². The van der Waals surface area contributed by atoms with E-state index < -0.39 is 0 Å². The maximum absolute atomic E-state index is 12.2. The van der Waals surface area contributed by atoms with Crippen molar-refractivity contribution >= 4 is 5.91 Å². The average molecular weight is 326 g/mol. The molecule has 1 aliphatic carbocycles. The van der Waals surface area contributed by atoms with Gasteiger partial charge in [0.2, 0.25) is 5.91 Å². The number of hydrogen-bond acceptors (Lipinski definition) is 2. The van der Waals surface area contributed by atoms with Crippen LogP contribution < -0.4 is 5.32 Å². The number of carbonyl (C=O) groups excluding carboxylic acids is 1. The molecule has 3 rings (SSSR count). The smallest absolute Gasteiger partial charge is 0.220 e. The molecular weight excluding hydrogens is 296 g/mol. The van der Waals surface area contributed by atoms with Crippen LogP contribution in [0.5, 0.6) is 0 Å². The van der Waals surface area contributed by atoms with E-state index in [1.165, 1.54) is 37.1 Å². The largest absolute Gasteiger partial charge is 0.352 e. The highest BCUT2D eigenvalue weighted by molar-refractivity contribution is 5.76. The average Bonchev–Trinajstić information content (AvgIpc) is 3.09. The van der Waals surface area contributed by atoms with Gasteiger partial charge in [0.05, 0.1) is 0 Å². The third kappa shape index (κ3) is 4.94. The van der Waals surface area contributed by atoms with E-state index in [1.54, 1.807) is 0 Å². The van der Waals surface area contributed by atoms with Crippen molar-refractivity contribution in [3.05, 3.63) is 47.5 Å². The van der Waals surface area contributed by atoms with Crippen LogP contribution in [0.3, 0.4) is 0 Å². The predicted octanol–water partition coefficient (Wildman–Crippen LogP) is 3.89. The first-order valence-corrected chi connectivity index (χ1v) is 9.43. The van der Waals surface area contributed by atoms with Crippen LogP contribution >= 0.6 is 0 Å². The maximum atomic E-state index is 12.2. The van der Waals surface area contributed by atoms with Gasteiger partial charge in [-0.1, -0.05) is 43.3 Å². The summed E-state index contributed by atoms with van der Waals surface area (Å²) in [4.78, 5) is 14.7. The zero-order chi connectivity index (χ0) is 16.8. The third-order valence-electron chi connectivity index (χ3n) is 5.42. The van der Waals surface area contributed by atoms with E-state index in [0.29, 0.717) is 18.9 Å². The van der Waals surface area contributed by atoms with Gasteiger partial charge in [-0.2, -0.15) is 0 Å². The summed E-state index contributed by atoms with van der Waals surface area (Å²) in [5, 5.41) is 3.12. The number of nitrogens with zero attached hydrogens (tertiary/aromatic N) is 1. The third-order valence-corrected chi connectivity index (χ3v) is 5.42. The molecule has 2 aliphatic rings. The van der Waals surface area contributed by atoms with Crippen molar-refractivity contribution in [3.63, 3.8) is 0 Å². The second kappa shape index (κ2) is 8.48. The van der Waals surface area contributed by atoms with E-state index in [9.17, 15) is 4.79 Å². The van der Waals surface area contributed by atoms with Crippen LogP contribution in [0.2, 0.25) is 0 Å². The molecule has 1 fully saturated rings. The Morgan fingerprint density at radius 1 is 1.17 bits per heavy atom. The minimum absolute atomic E-state index is 0.174. The monoisotopic (exact) mass is 326 g/mol. The van der Waals surface area contributed by atoms with Crippen LogP contribution in [-0.4, -0.2) is 23.9 Å². The lowest BCUT2D eigenvalue weighted by Gasteiger charge is -2.30. The SMILES string of the molecule is CC1CCN(Cc2ccccc2CNC(=O)CC2C=CCC2)CC1. The maximum Gasteiger partial charge on any atom is 0.220 e. The Hall–Kier alpha value is -1.61. The molecule has 130 valence electrons. The molecule has 3 nitrogen and oxygen atoms in total. The second-order valence-electron chi connectivity index (χ2n) is 7.47. The molecule has 0 aromatic heterocycles. The molecule has 1 N–H and O–H groups in total. The summed E-state index contributed by atoms with van der Waals surface area (Å²) in [6, 6.07) is 8.54. The zero-order valence-corrected chi connectivity index (χ0v) is 14.8. The molecule has 0 spiro atoms. The lowest BCUT2D eigenvalue weighted by Crippen LogP contribution is -2.33. The molecule has 1 atom stereocenters. The van der Waals surface area contributed by atoms with Gasteiger partial charge in [-0.05, 0) is 61.7 Å². The standard InChI is InChI=1S/C21H30N2O/c1-17-10-12-23(13-11-17)16-20-9-5-4-8-19(20)15-22-21(24)14-18-6-2-3-7-18/h2,4-6,8-9,17-18H,3,7,10-16H2,1H3,(H,22,24). The van der Waals surface area contributed by atoms with Gasteiger partial charge in [0.25, 0.3) is 0 Å².